The second kappa shape index (κ2) is 4.79. The number of rotatable bonds is 3. The van der Waals surface area contributed by atoms with Gasteiger partial charge in [0, 0.05) is 11.8 Å². The molecule has 0 amide bonds. The Labute approximate surface area is 104 Å². The van der Waals surface area contributed by atoms with Crippen LogP contribution in [0.1, 0.15) is 6.42 Å². The molecule has 1 aliphatic heterocycles. The van der Waals surface area contributed by atoms with Crippen LogP contribution in [0.2, 0.25) is 0 Å². The number of hydrogen-bond acceptors (Lipinski definition) is 4. The van der Waals surface area contributed by atoms with Crippen molar-refractivity contribution in [2.45, 2.75) is 12.5 Å². The van der Waals surface area contributed by atoms with Gasteiger partial charge in [-0.15, -0.1) is 0 Å². The number of aromatic nitrogens is 3. The van der Waals surface area contributed by atoms with E-state index in [1.807, 2.05) is 23.9 Å². The van der Waals surface area contributed by atoms with Crippen molar-refractivity contribution in [1.29, 1.82) is 0 Å². The van der Waals surface area contributed by atoms with E-state index in [2.05, 4.69) is 27.5 Å². The number of para-hydroxylation sites is 2. The summed E-state index contributed by atoms with van der Waals surface area (Å²) in [4.78, 5) is 3.99. The molecule has 0 saturated carbocycles. The zero-order valence-corrected chi connectivity index (χ0v) is 10.2. The molecule has 4 nitrogen and oxygen atoms in total. The lowest BCUT2D eigenvalue weighted by Crippen LogP contribution is -2.19. The van der Waals surface area contributed by atoms with Gasteiger partial charge in [0.25, 0.3) is 0 Å². The minimum Gasteiger partial charge on any atom is -0.380 e. The van der Waals surface area contributed by atoms with Crippen molar-refractivity contribution in [3.63, 3.8) is 0 Å². The van der Waals surface area contributed by atoms with Crippen LogP contribution in [-0.2, 0) is 0 Å². The molecule has 0 spiro atoms. The van der Waals surface area contributed by atoms with Gasteiger partial charge in [-0.2, -0.15) is 16.9 Å². The normalized spacial score (nSPS) is 19.4. The molecule has 1 aromatic carbocycles. The fraction of sp³-hybridized carbons (Fsp3) is 0.333. The molecule has 1 aliphatic rings. The summed E-state index contributed by atoms with van der Waals surface area (Å²) in [6.07, 6.45) is 4.52. The van der Waals surface area contributed by atoms with Gasteiger partial charge in [0.05, 0.1) is 11.4 Å². The van der Waals surface area contributed by atoms with Gasteiger partial charge in [-0.3, -0.25) is 0 Å². The molecule has 2 aromatic rings. The van der Waals surface area contributed by atoms with E-state index in [0.717, 1.165) is 11.4 Å². The zero-order valence-electron chi connectivity index (χ0n) is 9.41. The highest BCUT2D eigenvalue weighted by molar-refractivity contribution is 7.99. The van der Waals surface area contributed by atoms with Gasteiger partial charge < -0.3 is 5.32 Å². The molecule has 17 heavy (non-hydrogen) atoms. The van der Waals surface area contributed by atoms with Gasteiger partial charge in [0.1, 0.15) is 12.7 Å². The maximum absolute atomic E-state index is 4.18. The second-order valence-corrected chi connectivity index (χ2v) is 5.21. The Kier molecular flexibility index (Phi) is 3.00. The molecule has 1 N–H and O–H groups in total. The predicted molar refractivity (Wildman–Crippen MR) is 70.7 cm³/mol. The topological polar surface area (TPSA) is 42.7 Å². The number of nitrogens with zero attached hydrogens (tertiary/aromatic N) is 3. The molecule has 1 saturated heterocycles. The SMILES string of the molecule is c1ccc(-n2cncn2)c(NC2CCSC2)c1. The third kappa shape index (κ3) is 2.29. The van der Waals surface area contributed by atoms with E-state index in [1.54, 1.807) is 17.3 Å². The van der Waals surface area contributed by atoms with E-state index in [-0.39, 0.29) is 0 Å². The van der Waals surface area contributed by atoms with Crippen LogP contribution in [0.4, 0.5) is 5.69 Å². The summed E-state index contributed by atoms with van der Waals surface area (Å²) in [5.41, 5.74) is 2.19. The van der Waals surface area contributed by atoms with Crippen molar-refractivity contribution in [2.75, 3.05) is 16.8 Å². The molecule has 2 heterocycles. The van der Waals surface area contributed by atoms with Gasteiger partial charge in [0.2, 0.25) is 0 Å². The van der Waals surface area contributed by atoms with Crippen LogP contribution >= 0.6 is 11.8 Å². The first-order valence-corrected chi connectivity index (χ1v) is 6.87. The lowest BCUT2D eigenvalue weighted by molar-refractivity contribution is 0.805. The maximum Gasteiger partial charge on any atom is 0.138 e. The van der Waals surface area contributed by atoms with E-state index in [9.17, 15) is 0 Å². The molecule has 1 fully saturated rings. The average Bonchev–Trinajstić information content (AvgIpc) is 3.01. The molecular weight excluding hydrogens is 232 g/mol. The number of nitrogens with one attached hydrogen (secondary N) is 1. The number of hydrogen-bond donors (Lipinski definition) is 1. The number of thioether (sulfide) groups is 1. The summed E-state index contributed by atoms with van der Waals surface area (Å²) in [6.45, 7) is 0. The van der Waals surface area contributed by atoms with Crippen molar-refractivity contribution in [1.82, 2.24) is 14.8 Å². The minimum absolute atomic E-state index is 0.574. The summed E-state index contributed by atoms with van der Waals surface area (Å²) in [6, 6.07) is 8.79. The molecule has 88 valence electrons. The molecule has 1 aromatic heterocycles. The molecular formula is C12H14N4S. The fourth-order valence-electron chi connectivity index (χ4n) is 2.00. The molecule has 5 heteroatoms. The first-order chi connectivity index (χ1) is 8.43. The maximum atomic E-state index is 4.18. The number of anilines is 1. The van der Waals surface area contributed by atoms with Crippen LogP contribution in [0.5, 0.6) is 0 Å². The largest absolute Gasteiger partial charge is 0.380 e. The highest BCUT2D eigenvalue weighted by atomic mass is 32.2. The molecule has 0 bridgehead atoms. The van der Waals surface area contributed by atoms with Gasteiger partial charge in [-0.05, 0) is 24.3 Å². The van der Waals surface area contributed by atoms with E-state index in [4.69, 9.17) is 0 Å². The average molecular weight is 246 g/mol. The molecule has 0 radical (unpaired) electrons. The molecule has 1 unspecified atom stereocenters. The van der Waals surface area contributed by atoms with Gasteiger partial charge >= 0.3 is 0 Å². The van der Waals surface area contributed by atoms with Crippen molar-refractivity contribution < 1.29 is 0 Å². The van der Waals surface area contributed by atoms with E-state index >= 15 is 0 Å². The smallest absolute Gasteiger partial charge is 0.138 e. The summed E-state index contributed by atoms with van der Waals surface area (Å²) in [7, 11) is 0. The van der Waals surface area contributed by atoms with Crippen LogP contribution in [0.25, 0.3) is 5.69 Å². The van der Waals surface area contributed by atoms with Crippen LogP contribution < -0.4 is 5.32 Å². The van der Waals surface area contributed by atoms with E-state index < -0.39 is 0 Å². The van der Waals surface area contributed by atoms with Gasteiger partial charge in [0.15, 0.2) is 0 Å². The Morgan fingerprint density at radius 1 is 1.35 bits per heavy atom. The third-order valence-electron chi connectivity index (χ3n) is 2.86. The lowest BCUT2D eigenvalue weighted by Gasteiger charge is -2.16. The molecule has 1 atom stereocenters. The summed E-state index contributed by atoms with van der Waals surface area (Å²) in [5, 5.41) is 7.77. The summed E-state index contributed by atoms with van der Waals surface area (Å²) < 4.78 is 1.80. The highest BCUT2D eigenvalue weighted by Gasteiger charge is 2.16. The lowest BCUT2D eigenvalue weighted by atomic mass is 10.2. The molecule has 3 rings (SSSR count). The Hall–Kier alpha value is -1.49. The monoisotopic (exact) mass is 246 g/mol. The Bertz CT molecular complexity index is 477. The van der Waals surface area contributed by atoms with Gasteiger partial charge in [-0.1, -0.05) is 12.1 Å². The fourth-order valence-corrected chi connectivity index (χ4v) is 3.15. The van der Waals surface area contributed by atoms with Crippen molar-refractivity contribution >= 4 is 17.4 Å². The van der Waals surface area contributed by atoms with Crippen molar-refractivity contribution in [3.05, 3.63) is 36.9 Å². The third-order valence-corrected chi connectivity index (χ3v) is 4.02. The summed E-state index contributed by atoms with van der Waals surface area (Å²) in [5.74, 6) is 2.44. The second-order valence-electron chi connectivity index (χ2n) is 4.06. The van der Waals surface area contributed by atoms with Crippen LogP contribution in [-0.4, -0.2) is 32.3 Å². The van der Waals surface area contributed by atoms with Gasteiger partial charge in [-0.25, -0.2) is 9.67 Å². The van der Waals surface area contributed by atoms with Crippen LogP contribution in [0.3, 0.4) is 0 Å². The highest BCUT2D eigenvalue weighted by Crippen LogP contribution is 2.25. The first kappa shape index (κ1) is 10.7. The summed E-state index contributed by atoms with van der Waals surface area (Å²) >= 11 is 2.01. The van der Waals surface area contributed by atoms with Crippen molar-refractivity contribution in [3.8, 4) is 5.69 Å². The Morgan fingerprint density at radius 2 is 2.29 bits per heavy atom. The van der Waals surface area contributed by atoms with E-state index in [1.165, 1.54) is 17.9 Å². The number of benzene rings is 1. The van der Waals surface area contributed by atoms with Crippen LogP contribution in [0, 0.1) is 0 Å². The first-order valence-electron chi connectivity index (χ1n) is 5.72. The standard InChI is InChI=1S/C12H14N4S/c1-2-4-12(16-9-13-8-14-16)11(3-1)15-10-5-6-17-7-10/h1-4,8-10,15H,5-7H2. The quantitative estimate of drug-likeness (QED) is 0.901. The Balaban J connectivity index is 1.88. The predicted octanol–water partition coefficient (Wildman–Crippen LogP) is 2.18. The minimum atomic E-state index is 0.574. The zero-order chi connectivity index (χ0) is 11.5. The van der Waals surface area contributed by atoms with Crippen LogP contribution in [0.15, 0.2) is 36.9 Å². The van der Waals surface area contributed by atoms with Crippen molar-refractivity contribution in [2.24, 2.45) is 0 Å². The van der Waals surface area contributed by atoms with E-state index in [0.29, 0.717) is 6.04 Å². The Morgan fingerprint density at radius 3 is 3.06 bits per heavy atom. The molecule has 0 aliphatic carbocycles.